The van der Waals surface area contributed by atoms with Crippen LogP contribution in [0.3, 0.4) is 0 Å². The average Bonchev–Trinajstić information content (AvgIpc) is 2.87. The maximum Gasteiger partial charge on any atom is 0.458 e. The van der Waals surface area contributed by atoms with Gasteiger partial charge in [0.25, 0.3) is 0 Å². The van der Waals surface area contributed by atoms with Gasteiger partial charge in [-0.05, 0) is 72.7 Å². The van der Waals surface area contributed by atoms with Gasteiger partial charge >= 0.3 is 6.18 Å². The first-order valence-electron chi connectivity index (χ1n) is 13.2. The number of ether oxygens (including phenoxy) is 1. The van der Waals surface area contributed by atoms with Gasteiger partial charge in [-0.3, -0.25) is 0 Å². The molecule has 0 aliphatic carbocycles. The Morgan fingerprint density at radius 2 is 1.64 bits per heavy atom. The van der Waals surface area contributed by atoms with Crippen molar-refractivity contribution in [3.05, 3.63) is 81.9 Å². The number of rotatable bonds is 8. The van der Waals surface area contributed by atoms with E-state index < -0.39 is 35.0 Å². The zero-order valence-corrected chi connectivity index (χ0v) is 21.5. The molecule has 0 N–H and O–H groups in total. The van der Waals surface area contributed by atoms with Gasteiger partial charge in [0.2, 0.25) is 0 Å². The van der Waals surface area contributed by atoms with Gasteiger partial charge in [0, 0.05) is 16.9 Å². The predicted molar refractivity (Wildman–Crippen MR) is 136 cm³/mol. The molecule has 2 unspecified atom stereocenters. The number of aryl methyl sites for hydroxylation is 1. The van der Waals surface area contributed by atoms with E-state index in [9.17, 15) is 30.7 Å². The lowest BCUT2D eigenvalue weighted by Gasteiger charge is -2.29. The molecule has 3 aromatic carbocycles. The normalized spacial score (nSPS) is 17.7. The minimum Gasteiger partial charge on any atom is -0.373 e. The monoisotopic (exact) mass is 550 g/mol. The number of fused-ring (bicyclic) bond motifs is 1. The van der Waals surface area contributed by atoms with E-state index in [4.69, 9.17) is 4.74 Å². The van der Waals surface area contributed by atoms with E-state index in [0.29, 0.717) is 30.1 Å². The molecule has 208 valence electrons. The van der Waals surface area contributed by atoms with Gasteiger partial charge in [-0.2, -0.15) is 13.2 Å². The summed E-state index contributed by atoms with van der Waals surface area (Å²) in [6.07, 6.45) is 1.23. The topological polar surface area (TPSA) is 9.23 Å². The summed E-state index contributed by atoms with van der Waals surface area (Å²) in [5, 5.41) is 0.00668. The van der Waals surface area contributed by atoms with E-state index in [0.717, 1.165) is 37.7 Å². The van der Waals surface area contributed by atoms with Gasteiger partial charge in [0.1, 0.15) is 23.3 Å². The van der Waals surface area contributed by atoms with Gasteiger partial charge < -0.3 is 4.74 Å². The molecule has 1 heterocycles. The van der Waals surface area contributed by atoms with Crippen LogP contribution < -0.4 is 0 Å². The average molecular weight is 551 g/mol. The molecule has 1 saturated heterocycles. The fourth-order valence-corrected chi connectivity index (χ4v) is 5.08. The lowest BCUT2D eigenvalue weighted by Crippen LogP contribution is -2.21. The number of halogens is 7. The first-order chi connectivity index (χ1) is 18.6. The minimum absolute atomic E-state index is 0.00852. The molecule has 1 nitrogen and oxygen atoms in total. The van der Waals surface area contributed by atoms with Crippen LogP contribution in [0.5, 0.6) is 0 Å². The molecular formula is C31H29F7O. The van der Waals surface area contributed by atoms with Crippen molar-refractivity contribution in [1.82, 2.24) is 0 Å². The van der Waals surface area contributed by atoms with Crippen molar-refractivity contribution >= 4 is 10.8 Å². The molecule has 8 heteroatoms. The van der Waals surface area contributed by atoms with Gasteiger partial charge in [-0.15, -0.1) is 0 Å². The van der Waals surface area contributed by atoms with E-state index in [1.807, 2.05) is 0 Å². The van der Waals surface area contributed by atoms with Crippen molar-refractivity contribution in [3.63, 3.8) is 0 Å². The third kappa shape index (κ3) is 7.33. The molecule has 0 radical (unpaired) electrons. The molecular weight excluding hydrogens is 521 g/mol. The van der Waals surface area contributed by atoms with Crippen molar-refractivity contribution in [3.8, 4) is 11.8 Å². The third-order valence-corrected chi connectivity index (χ3v) is 7.21. The maximum absolute atomic E-state index is 14.9. The van der Waals surface area contributed by atoms with E-state index in [-0.39, 0.29) is 35.3 Å². The Hall–Kier alpha value is -3.05. The van der Waals surface area contributed by atoms with Gasteiger partial charge in [-0.1, -0.05) is 50.3 Å². The summed E-state index contributed by atoms with van der Waals surface area (Å²) in [7, 11) is 0. The van der Waals surface area contributed by atoms with Crippen molar-refractivity contribution < 1.29 is 35.5 Å². The Morgan fingerprint density at radius 3 is 2.28 bits per heavy atom. The molecule has 1 aliphatic rings. The molecule has 1 aliphatic heterocycles. The summed E-state index contributed by atoms with van der Waals surface area (Å²) < 4.78 is 102. The van der Waals surface area contributed by atoms with Crippen LogP contribution >= 0.6 is 0 Å². The van der Waals surface area contributed by atoms with Crippen LogP contribution in [0, 0.1) is 41.0 Å². The Morgan fingerprint density at radius 1 is 0.897 bits per heavy atom. The van der Waals surface area contributed by atoms with Crippen LogP contribution in [0.2, 0.25) is 0 Å². The van der Waals surface area contributed by atoms with Crippen LogP contribution in [0.1, 0.15) is 73.8 Å². The largest absolute Gasteiger partial charge is 0.458 e. The van der Waals surface area contributed by atoms with Gasteiger partial charge in [-0.25, -0.2) is 17.6 Å². The van der Waals surface area contributed by atoms with E-state index in [2.05, 4.69) is 6.92 Å². The molecule has 39 heavy (non-hydrogen) atoms. The Labute approximate surface area is 223 Å². The summed E-state index contributed by atoms with van der Waals surface area (Å²) in [6, 6.07) is 7.76. The summed E-state index contributed by atoms with van der Waals surface area (Å²) in [5.41, 5.74) is -0.0298. The predicted octanol–water partition coefficient (Wildman–Crippen LogP) is 9.14. The van der Waals surface area contributed by atoms with Crippen LogP contribution in [0.25, 0.3) is 10.8 Å². The zero-order valence-electron chi connectivity index (χ0n) is 21.5. The van der Waals surface area contributed by atoms with E-state index in [1.165, 1.54) is 42.7 Å². The summed E-state index contributed by atoms with van der Waals surface area (Å²) >= 11 is 0. The SMILES string of the molecule is CCCCCC1CCC(c2cc(F)c(CCc3ccc4c(F)c(C#CC(F)(F)F)c(F)cc4c3)c(F)c2)OC1. The van der Waals surface area contributed by atoms with Crippen LogP contribution in [-0.4, -0.2) is 12.8 Å². The molecule has 0 aromatic heterocycles. The molecule has 0 spiro atoms. The summed E-state index contributed by atoms with van der Waals surface area (Å²) in [6.45, 7) is 2.74. The summed E-state index contributed by atoms with van der Waals surface area (Å²) in [5.74, 6) is -0.913. The number of hydrogen-bond donors (Lipinski definition) is 0. The first kappa shape index (κ1) is 28.9. The highest BCUT2D eigenvalue weighted by Gasteiger charge is 2.25. The quantitative estimate of drug-likeness (QED) is 0.154. The Kier molecular flexibility index (Phi) is 9.22. The van der Waals surface area contributed by atoms with Crippen molar-refractivity contribution in [1.29, 1.82) is 0 Å². The number of hydrogen-bond acceptors (Lipinski definition) is 1. The minimum atomic E-state index is -4.89. The lowest BCUT2D eigenvalue weighted by molar-refractivity contribution is -0.0696. The summed E-state index contributed by atoms with van der Waals surface area (Å²) in [4.78, 5) is 0. The number of alkyl halides is 3. The van der Waals surface area contributed by atoms with Crippen LogP contribution in [0.15, 0.2) is 36.4 Å². The molecule has 4 rings (SSSR count). The highest BCUT2D eigenvalue weighted by Crippen LogP contribution is 2.34. The second-order valence-corrected chi connectivity index (χ2v) is 10.1. The van der Waals surface area contributed by atoms with Crippen LogP contribution in [0.4, 0.5) is 30.7 Å². The third-order valence-electron chi connectivity index (χ3n) is 7.21. The molecule has 2 atom stereocenters. The van der Waals surface area contributed by atoms with Crippen molar-refractivity contribution in [2.24, 2.45) is 5.92 Å². The highest BCUT2D eigenvalue weighted by molar-refractivity contribution is 5.85. The standard InChI is InChI=1S/C31H29F7O/c1-2-3-4-5-20-8-11-29(39-18-20)22-16-26(32)24(27(33)17-22)10-7-19-6-9-23-21(14-19)15-28(34)25(30(23)35)12-13-31(36,37)38/h6,9,14-17,20,29H,2-5,7-8,10-11,18H2,1H3. The van der Waals surface area contributed by atoms with Crippen molar-refractivity contribution in [2.75, 3.05) is 6.61 Å². The molecule has 0 saturated carbocycles. The fourth-order valence-electron chi connectivity index (χ4n) is 5.08. The highest BCUT2D eigenvalue weighted by atomic mass is 19.4. The molecule has 0 bridgehead atoms. The Balaban J connectivity index is 1.44. The van der Waals surface area contributed by atoms with E-state index >= 15 is 0 Å². The fraction of sp³-hybridized carbons (Fsp3) is 0.419. The Bertz CT molecular complexity index is 1350. The number of unbranched alkanes of at least 4 members (excludes halogenated alkanes) is 2. The lowest BCUT2D eigenvalue weighted by atomic mass is 9.90. The number of benzene rings is 3. The molecule has 1 fully saturated rings. The van der Waals surface area contributed by atoms with Crippen molar-refractivity contribution in [2.45, 2.75) is 70.6 Å². The molecule has 0 amide bonds. The maximum atomic E-state index is 14.9. The van der Waals surface area contributed by atoms with Crippen LogP contribution in [-0.2, 0) is 17.6 Å². The second kappa shape index (κ2) is 12.4. The molecule has 3 aromatic rings. The van der Waals surface area contributed by atoms with Gasteiger partial charge in [0.05, 0.1) is 18.3 Å². The smallest absolute Gasteiger partial charge is 0.373 e. The second-order valence-electron chi connectivity index (χ2n) is 10.1. The zero-order chi connectivity index (χ0) is 28.2. The first-order valence-corrected chi connectivity index (χ1v) is 13.2. The van der Waals surface area contributed by atoms with Gasteiger partial charge in [0.15, 0.2) is 0 Å². The van der Waals surface area contributed by atoms with E-state index in [1.54, 1.807) is 0 Å².